The Kier molecular flexibility index (Phi) is 3.79. The first-order chi connectivity index (χ1) is 10.6. The van der Waals surface area contributed by atoms with Crippen molar-refractivity contribution in [2.45, 2.75) is 20.3 Å². The second-order valence-electron chi connectivity index (χ2n) is 5.55. The van der Waals surface area contributed by atoms with E-state index >= 15 is 0 Å². The summed E-state index contributed by atoms with van der Waals surface area (Å²) in [5, 5.41) is 1.49. The summed E-state index contributed by atoms with van der Waals surface area (Å²) >= 11 is 0. The van der Waals surface area contributed by atoms with Gasteiger partial charge < -0.3 is 18.3 Å². The summed E-state index contributed by atoms with van der Waals surface area (Å²) < 4.78 is 22.2. The Balaban J connectivity index is 2.23. The Morgan fingerprint density at radius 1 is 1.09 bits per heavy atom. The van der Waals surface area contributed by atoms with Gasteiger partial charge in [-0.05, 0) is 24.5 Å². The summed E-state index contributed by atoms with van der Waals surface area (Å²) in [7, 11) is 1.58. The lowest BCUT2D eigenvalue weighted by molar-refractivity contribution is 0.287. The van der Waals surface area contributed by atoms with Gasteiger partial charge in [0.1, 0.15) is 5.75 Å². The molecule has 116 valence electrons. The largest absolute Gasteiger partial charge is 0.495 e. The number of methoxy groups -OCH3 is 1. The molecule has 0 aliphatic heterocycles. The van der Waals surface area contributed by atoms with E-state index in [9.17, 15) is 4.79 Å². The number of rotatable bonds is 5. The highest BCUT2D eigenvalue weighted by Gasteiger charge is 2.20. The molecule has 0 atom stereocenters. The summed E-state index contributed by atoms with van der Waals surface area (Å²) in [6, 6.07) is 4.87. The maximum Gasteiger partial charge on any atom is 0.336 e. The summed E-state index contributed by atoms with van der Waals surface area (Å²) in [6.07, 6.45) is 2.46. The van der Waals surface area contributed by atoms with Crippen molar-refractivity contribution in [2.75, 3.05) is 13.7 Å². The van der Waals surface area contributed by atoms with Crippen molar-refractivity contribution in [3.05, 3.63) is 34.9 Å². The Bertz CT molecular complexity index is 856. The molecule has 5 heteroatoms. The molecule has 1 aromatic carbocycles. The van der Waals surface area contributed by atoms with E-state index in [4.69, 9.17) is 18.3 Å². The lowest BCUT2D eigenvalue weighted by atomic mass is 10.1. The van der Waals surface area contributed by atoms with Crippen molar-refractivity contribution >= 4 is 21.9 Å². The molecular weight excluding hydrogens is 284 g/mol. The van der Waals surface area contributed by atoms with Crippen LogP contribution in [-0.2, 0) is 0 Å². The minimum atomic E-state index is -0.436. The monoisotopic (exact) mass is 302 g/mol. The molecule has 0 N–H and O–H groups in total. The molecule has 3 rings (SSSR count). The third-order valence-corrected chi connectivity index (χ3v) is 3.55. The molecule has 0 spiro atoms. The van der Waals surface area contributed by atoms with Crippen molar-refractivity contribution < 1.29 is 18.3 Å². The maximum atomic E-state index is 11.6. The smallest absolute Gasteiger partial charge is 0.336 e. The molecule has 0 bridgehead atoms. The molecule has 0 amide bonds. The number of benzene rings is 1. The highest BCUT2D eigenvalue weighted by molar-refractivity contribution is 6.06. The van der Waals surface area contributed by atoms with Crippen molar-refractivity contribution in [1.82, 2.24) is 0 Å². The third-order valence-electron chi connectivity index (χ3n) is 3.55. The van der Waals surface area contributed by atoms with Gasteiger partial charge in [-0.2, -0.15) is 0 Å². The van der Waals surface area contributed by atoms with Gasteiger partial charge in [0.15, 0.2) is 11.2 Å². The number of furan rings is 1. The minimum absolute atomic E-state index is 0.357. The van der Waals surface area contributed by atoms with Crippen LogP contribution in [0.1, 0.15) is 20.3 Å². The Morgan fingerprint density at radius 2 is 1.86 bits per heavy atom. The first-order valence-corrected chi connectivity index (χ1v) is 7.25. The van der Waals surface area contributed by atoms with Crippen molar-refractivity contribution in [2.24, 2.45) is 5.92 Å². The van der Waals surface area contributed by atoms with Crippen LogP contribution in [0.25, 0.3) is 21.9 Å². The molecule has 0 radical (unpaired) electrons. The quantitative estimate of drug-likeness (QED) is 0.667. The van der Waals surface area contributed by atoms with E-state index in [1.54, 1.807) is 19.4 Å². The molecule has 2 aromatic heterocycles. The number of ether oxygens (including phenoxy) is 2. The molecule has 0 saturated carbocycles. The Labute approximate surface area is 127 Å². The third kappa shape index (κ3) is 2.43. The second-order valence-corrected chi connectivity index (χ2v) is 5.55. The van der Waals surface area contributed by atoms with Gasteiger partial charge in [-0.25, -0.2) is 4.79 Å². The number of hydrogen-bond donors (Lipinski definition) is 0. The predicted molar refractivity (Wildman–Crippen MR) is 83.8 cm³/mol. The average Bonchev–Trinajstić information content (AvgIpc) is 2.95. The maximum absolute atomic E-state index is 11.6. The van der Waals surface area contributed by atoms with Gasteiger partial charge in [-0.1, -0.05) is 13.8 Å². The molecule has 22 heavy (non-hydrogen) atoms. The number of fused-ring (bicyclic) bond motifs is 2. The molecule has 0 unspecified atom stereocenters. The van der Waals surface area contributed by atoms with E-state index in [0.29, 0.717) is 40.6 Å². The van der Waals surface area contributed by atoms with Gasteiger partial charge in [0.05, 0.1) is 30.8 Å². The van der Waals surface area contributed by atoms with Crippen molar-refractivity contribution in [3.63, 3.8) is 0 Å². The molecule has 5 nitrogen and oxygen atoms in total. The summed E-state index contributed by atoms with van der Waals surface area (Å²) in [5.74, 6) is 1.58. The first-order valence-electron chi connectivity index (χ1n) is 7.25. The SMILES string of the molecule is COc1c2ccoc2c(OCCC(C)C)c2oc(=O)ccc12. The number of hydrogen-bond acceptors (Lipinski definition) is 5. The molecule has 0 fully saturated rings. The molecule has 0 aliphatic carbocycles. The normalized spacial score (nSPS) is 11.5. The average molecular weight is 302 g/mol. The molecular formula is C17H18O5. The highest BCUT2D eigenvalue weighted by Crippen LogP contribution is 2.42. The van der Waals surface area contributed by atoms with E-state index in [0.717, 1.165) is 11.8 Å². The standard InChI is InChI=1S/C17H18O5/c1-10(2)6-8-21-17-15-12(7-9-20-15)14(19-3)11-4-5-13(18)22-16(11)17/h4-5,7,9-10H,6,8H2,1-3H3. The summed E-state index contributed by atoms with van der Waals surface area (Å²) in [6.45, 7) is 4.77. The van der Waals surface area contributed by atoms with E-state index < -0.39 is 5.63 Å². The zero-order chi connectivity index (χ0) is 15.7. The van der Waals surface area contributed by atoms with E-state index in [1.165, 1.54) is 6.07 Å². The fourth-order valence-corrected chi connectivity index (χ4v) is 2.42. The van der Waals surface area contributed by atoms with Crippen LogP contribution in [0.15, 0.2) is 38.1 Å². The van der Waals surface area contributed by atoms with Gasteiger partial charge >= 0.3 is 5.63 Å². The zero-order valence-electron chi connectivity index (χ0n) is 12.8. The van der Waals surface area contributed by atoms with Crippen LogP contribution >= 0.6 is 0 Å². The van der Waals surface area contributed by atoms with Gasteiger partial charge in [0, 0.05) is 6.07 Å². The van der Waals surface area contributed by atoms with Crippen molar-refractivity contribution in [1.29, 1.82) is 0 Å². The topological polar surface area (TPSA) is 61.8 Å². The zero-order valence-corrected chi connectivity index (χ0v) is 12.8. The van der Waals surface area contributed by atoms with E-state index in [-0.39, 0.29) is 0 Å². The first kappa shape index (κ1) is 14.5. The van der Waals surface area contributed by atoms with Crippen LogP contribution in [0.3, 0.4) is 0 Å². The van der Waals surface area contributed by atoms with Crippen LogP contribution in [0.2, 0.25) is 0 Å². The summed E-state index contributed by atoms with van der Waals surface area (Å²) in [4.78, 5) is 11.6. The predicted octanol–water partition coefficient (Wildman–Crippen LogP) is 3.97. The fourth-order valence-electron chi connectivity index (χ4n) is 2.42. The molecule has 3 aromatic rings. The van der Waals surface area contributed by atoms with Gasteiger partial charge in [0.25, 0.3) is 0 Å². The second kappa shape index (κ2) is 5.75. The van der Waals surface area contributed by atoms with Crippen LogP contribution in [0.4, 0.5) is 0 Å². The van der Waals surface area contributed by atoms with E-state index in [2.05, 4.69) is 13.8 Å². The summed E-state index contributed by atoms with van der Waals surface area (Å²) in [5.41, 5.74) is 0.451. The van der Waals surface area contributed by atoms with Crippen LogP contribution < -0.4 is 15.1 Å². The molecule has 0 saturated heterocycles. The van der Waals surface area contributed by atoms with Crippen LogP contribution in [0.5, 0.6) is 11.5 Å². The fraction of sp³-hybridized carbons (Fsp3) is 0.353. The highest BCUT2D eigenvalue weighted by atomic mass is 16.5. The van der Waals surface area contributed by atoms with E-state index in [1.807, 2.05) is 6.07 Å². The van der Waals surface area contributed by atoms with Gasteiger partial charge in [0.2, 0.25) is 5.75 Å². The van der Waals surface area contributed by atoms with Crippen LogP contribution in [0, 0.1) is 5.92 Å². The Hall–Kier alpha value is -2.43. The molecule has 2 heterocycles. The van der Waals surface area contributed by atoms with Crippen LogP contribution in [-0.4, -0.2) is 13.7 Å². The minimum Gasteiger partial charge on any atom is -0.495 e. The Morgan fingerprint density at radius 3 is 2.59 bits per heavy atom. The molecule has 0 aliphatic rings. The van der Waals surface area contributed by atoms with Gasteiger partial charge in [-0.15, -0.1) is 0 Å². The lowest BCUT2D eigenvalue weighted by Gasteiger charge is -2.12. The van der Waals surface area contributed by atoms with Crippen molar-refractivity contribution in [3.8, 4) is 11.5 Å². The van der Waals surface area contributed by atoms with Gasteiger partial charge in [-0.3, -0.25) is 0 Å². The lowest BCUT2D eigenvalue weighted by Crippen LogP contribution is -2.04.